The first-order valence-electron chi connectivity index (χ1n) is 12.1. The highest BCUT2D eigenvalue weighted by Crippen LogP contribution is 2.41. The Morgan fingerprint density at radius 1 is 1.06 bits per heavy atom. The van der Waals surface area contributed by atoms with E-state index in [1.54, 1.807) is 4.90 Å². The third-order valence-electron chi connectivity index (χ3n) is 7.66. The lowest BCUT2D eigenvalue weighted by molar-refractivity contribution is -0.180. The average Bonchev–Trinajstić information content (AvgIpc) is 3.37. The molecule has 0 saturated carbocycles. The van der Waals surface area contributed by atoms with Gasteiger partial charge in [-0.15, -0.1) is 0 Å². The summed E-state index contributed by atoms with van der Waals surface area (Å²) in [6.07, 6.45) is -2.95. The van der Waals surface area contributed by atoms with Gasteiger partial charge in [-0.1, -0.05) is 12.1 Å². The van der Waals surface area contributed by atoms with Crippen LogP contribution in [0.3, 0.4) is 0 Å². The number of hydrogen-bond acceptors (Lipinski definition) is 6. The summed E-state index contributed by atoms with van der Waals surface area (Å²) in [7, 11) is 0. The molecule has 1 aromatic carbocycles. The van der Waals surface area contributed by atoms with E-state index in [4.69, 9.17) is 0 Å². The second kappa shape index (κ2) is 8.86. The monoisotopic (exact) mass is 494 g/mol. The Labute approximate surface area is 201 Å². The Bertz CT molecular complexity index is 1010. The number of rotatable bonds is 6. The molecule has 3 amide bonds. The number of carbonyl (C=O) groups is 3. The predicted molar refractivity (Wildman–Crippen MR) is 118 cm³/mol. The van der Waals surface area contributed by atoms with Crippen LogP contribution < -0.4 is 0 Å². The van der Waals surface area contributed by atoms with Crippen LogP contribution in [0.2, 0.25) is 0 Å². The van der Waals surface area contributed by atoms with E-state index in [2.05, 4.69) is 0 Å². The standard InChI is InChI=1S/C24H29F3N4O4/c25-24(26,27)17-6-4-16(5-7-17)12-28-14-23(15-28)22(35)30(10-2-9-29-8-1-3-20(29)33)21(34)19-11-18(32)13-31(19)23/h4-7,18-19,32H,1-3,8-15H2. The van der Waals surface area contributed by atoms with Gasteiger partial charge in [0.2, 0.25) is 11.8 Å². The first-order valence-corrected chi connectivity index (χ1v) is 12.1. The van der Waals surface area contributed by atoms with Crippen molar-refractivity contribution in [1.29, 1.82) is 0 Å². The van der Waals surface area contributed by atoms with Gasteiger partial charge in [0, 0.05) is 52.2 Å². The van der Waals surface area contributed by atoms with Crippen molar-refractivity contribution >= 4 is 17.7 Å². The van der Waals surface area contributed by atoms with Crippen molar-refractivity contribution in [2.24, 2.45) is 0 Å². The number of nitrogens with zero attached hydrogens (tertiary/aromatic N) is 4. The van der Waals surface area contributed by atoms with Crippen LogP contribution in [-0.4, -0.2) is 99.4 Å². The lowest BCUT2D eigenvalue weighted by atomic mass is 9.82. The van der Waals surface area contributed by atoms with Crippen LogP contribution in [0.4, 0.5) is 13.2 Å². The summed E-state index contributed by atoms with van der Waals surface area (Å²) in [4.78, 5) is 45.4. The van der Waals surface area contributed by atoms with Crippen molar-refractivity contribution in [3.63, 3.8) is 0 Å². The Hall–Kier alpha value is -2.50. The second-order valence-electron chi connectivity index (χ2n) is 10.1. The van der Waals surface area contributed by atoms with Crippen molar-refractivity contribution in [3.05, 3.63) is 35.4 Å². The highest BCUT2D eigenvalue weighted by atomic mass is 19.4. The van der Waals surface area contributed by atoms with Crippen LogP contribution in [0.25, 0.3) is 0 Å². The molecule has 35 heavy (non-hydrogen) atoms. The van der Waals surface area contributed by atoms with E-state index in [9.17, 15) is 32.7 Å². The predicted octanol–water partition coefficient (Wildman–Crippen LogP) is 1.08. The van der Waals surface area contributed by atoms with Gasteiger partial charge in [0.05, 0.1) is 17.7 Å². The molecule has 0 aliphatic carbocycles. The van der Waals surface area contributed by atoms with Gasteiger partial charge in [-0.2, -0.15) is 13.2 Å². The quantitative estimate of drug-likeness (QED) is 0.596. The van der Waals surface area contributed by atoms with Gasteiger partial charge < -0.3 is 10.0 Å². The molecule has 0 bridgehead atoms. The zero-order chi connectivity index (χ0) is 25.0. The van der Waals surface area contributed by atoms with Gasteiger partial charge in [-0.25, -0.2) is 0 Å². The third kappa shape index (κ3) is 4.34. The SMILES string of the molecule is O=C1CCCN1CCCN1C(=O)C2CC(O)CN2C2(CN(Cc3ccc(C(F)(F)F)cc3)C2)C1=O. The van der Waals surface area contributed by atoms with E-state index >= 15 is 0 Å². The molecular weight excluding hydrogens is 465 g/mol. The summed E-state index contributed by atoms with van der Waals surface area (Å²) in [5, 5.41) is 10.3. The van der Waals surface area contributed by atoms with E-state index in [0.29, 0.717) is 51.1 Å². The minimum atomic E-state index is -4.39. The zero-order valence-corrected chi connectivity index (χ0v) is 19.3. The minimum absolute atomic E-state index is 0.0979. The number of benzene rings is 1. The topological polar surface area (TPSA) is 84.4 Å². The molecule has 0 aromatic heterocycles. The zero-order valence-electron chi connectivity index (χ0n) is 19.3. The average molecular weight is 495 g/mol. The number of amides is 3. The molecule has 4 heterocycles. The fourth-order valence-electron chi connectivity index (χ4n) is 5.93. The number of aliphatic hydroxyl groups excluding tert-OH is 1. The fraction of sp³-hybridized carbons (Fsp3) is 0.625. The molecule has 8 nitrogen and oxygen atoms in total. The molecule has 2 atom stereocenters. The number of imide groups is 1. The molecule has 4 aliphatic heterocycles. The van der Waals surface area contributed by atoms with E-state index in [0.717, 1.165) is 18.6 Å². The fourth-order valence-corrected chi connectivity index (χ4v) is 5.93. The smallest absolute Gasteiger partial charge is 0.392 e. The van der Waals surface area contributed by atoms with Gasteiger partial charge in [0.25, 0.3) is 5.91 Å². The summed E-state index contributed by atoms with van der Waals surface area (Å²) in [5.74, 6) is -0.490. The van der Waals surface area contributed by atoms with Crippen molar-refractivity contribution in [2.45, 2.75) is 56.1 Å². The number of halogens is 3. The summed E-state index contributed by atoms with van der Waals surface area (Å²) in [5.41, 5.74) is -0.925. The first-order chi connectivity index (χ1) is 16.6. The van der Waals surface area contributed by atoms with Crippen LogP contribution in [-0.2, 0) is 27.1 Å². The Balaban J connectivity index is 1.26. The van der Waals surface area contributed by atoms with Crippen LogP contribution >= 0.6 is 0 Å². The number of likely N-dealkylation sites (tertiary alicyclic amines) is 2. The maximum absolute atomic E-state index is 13.6. The van der Waals surface area contributed by atoms with E-state index in [1.807, 2.05) is 9.80 Å². The van der Waals surface area contributed by atoms with Crippen molar-refractivity contribution in [2.75, 3.05) is 39.3 Å². The van der Waals surface area contributed by atoms with Crippen LogP contribution in [0, 0.1) is 0 Å². The molecule has 5 rings (SSSR count). The van der Waals surface area contributed by atoms with Crippen LogP contribution in [0.1, 0.15) is 36.8 Å². The lowest BCUT2D eigenvalue weighted by Crippen LogP contribution is -2.81. The van der Waals surface area contributed by atoms with Crippen molar-refractivity contribution < 1.29 is 32.7 Å². The molecule has 1 N–H and O–H groups in total. The Morgan fingerprint density at radius 3 is 2.40 bits per heavy atom. The molecule has 11 heteroatoms. The van der Waals surface area contributed by atoms with Gasteiger partial charge >= 0.3 is 6.18 Å². The van der Waals surface area contributed by atoms with Crippen molar-refractivity contribution in [3.8, 4) is 0 Å². The number of β-amino-alcohol motifs (C(OH)–C–C–N with tert-alkyl or cyclic N) is 1. The van der Waals surface area contributed by atoms with Gasteiger partial charge in [0.1, 0.15) is 5.54 Å². The summed E-state index contributed by atoms with van der Waals surface area (Å²) >= 11 is 0. The summed E-state index contributed by atoms with van der Waals surface area (Å²) < 4.78 is 38.5. The second-order valence-corrected chi connectivity index (χ2v) is 10.1. The summed E-state index contributed by atoms with van der Waals surface area (Å²) in [6.45, 7) is 2.73. The normalized spacial score (nSPS) is 27.1. The van der Waals surface area contributed by atoms with E-state index in [1.165, 1.54) is 17.0 Å². The number of fused-ring (bicyclic) bond motifs is 2. The third-order valence-corrected chi connectivity index (χ3v) is 7.66. The lowest BCUT2D eigenvalue weighted by Gasteiger charge is -2.58. The number of alkyl halides is 3. The highest BCUT2D eigenvalue weighted by molar-refractivity contribution is 6.06. The maximum Gasteiger partial charge on any atom is 0.416 e. The van der Waals surface area contributed by atoms with Crippen LogP contribution in [0.5, 0.6) is 0 Å². The first kappa shape index (κ1) is 24.2. The maximum atomic E-state index is 13.6. The molecule has 1 aromatic rings. The van der Waals surface area contributed by atoms with Gasteiger partial charge in [-0.05, 0) is 37.0 Å². The molecule has 4 fully saturated rings. The molecule has 1 spiro atoms. The Kier molecular flexibility index (Phi) is 6.13. The largest absolute Gasteiger partial charge is 0.416 e. The van der Waals surface area contributed by atoms with Crippen LogP contribution in [0.15, 0.2) is 24.3 Å². The molecule has 4 saturated heterocycles. The van der Waals surface area contributed by atoms with Gasteiger partial charge in [0.15, 0.2) is 0 Å². The molecular formula is C24H29F3N4O4. The number of aliphatic hydroxyl groups is 1. The number of hydrogen-bond donors (Lipinski definition) is 1. The van der Waals surface area contributed by atoms with E-state index in [-0.39, 0.29) is 37.2 Å². The van der Waals surface area contributed by atoms with E-state index < -0.39 is 29.4 Å². The number of piperazine rings is 1. The van der Waals surface area contributed by atoms with Gasteiger partial charge in [-0.3, -0.25) is 29.1 Å². The molecule has 190 valence electrons. The summed E-state index contributed by atoms with van der Waals surface area (Å²) in [6, 6.07) is 4.41. The molecule has 2 unspecified atom stereocenters. The Morgan fingerprint density at radius 2 is 1.77 bits per heavy atom. The minimum Gasteiger partial charge on any atom is -0.392 e. The van der Waals surface area contributed by atoms with Crippen molar-refractivity contribution in [1.82, 2.24) is 19.6 Å². The number of carbonyl (C=O) groups excluding carboxylic acids is 3. The molecule has 0 radical (unpaired) electrons. The highest BCUT2D eigenvalue weighted by Gasteiger charge is 2.64. The molecule has 4 aliphatic rings.